The molecule has 1 aliphatic rings. The smallest absolute Gasteiger partial charge is 0.251 e. The highest BCUT2D eigenvalue weighted by Crippen LogP contribution is 2.18. The summed E-state index contributed by atoms with van der Waals surface area (Å²) in [5.74, 6) is -0.233. The van der Waals surface area contributed by atoms with E-state index in [-0.39, 0.29) is 19.1 Å². The van der Waals surface area contributed by atoms with Crippen LogP contribution in [0.25, 0.3) is 11.0 Å². The number of rotatable bonds is 4. The van der Waals surface area contributed by atoms with Crippen LogP contribution in [0.5, 0.6) is 0 Å². The molecule has 1 aliphatic heterocycles. The predicted octanol–water partition coefficient (Wildman–Crippen LogP) is 0.332. The van der Waals surface area contributed by atoms with E-state index < -0.39 is 5.60 Å². The van der Waals surface area contributed by atoms with Gasteiger partial charge in [0.05, 0.1) is 12.1 Å². The first-order chi connectivity index (χ1) is 10.1. The van der Waals surface area contributed by atoms with E-state index in [1.165, 1.54) is 0 Å². The van der Waals surface area contributed by atoms with Crippen molar-refractivity contribution in [2.75, 3.05) is 19.8 Å². The van der Waals surface area contributed by atoms with Gasteiger partial charge in [-0.25, -0.2) is 4.68 Å². The Hall–Kier alpha value is -1.99. The molecule has 0 bridgehead atoms. The summed E-state index contributed by atoms with van der Waals surface area (Å²) in [7, 11) is 0. The standard InChI is InChI=1S/C14H18N4O3/c1-2-18-12-4-3-10(7-11(12)16-17-18)13(19)15-8-14(20)5-6-21-9-14/h3-4,7,20H,2,5-6,8-9H2,1H3,(H,15,19). The zero-order valence-electron chi connectivity index (χ0n) is 11.9. The number of hydrogen-bond donors (Lipinski definition) is 2. The minimum Gasteiger partial charge on any atom is -0.386 e. The third kappa shape index (κ3) is 2.74. The number of carbonyl (C=O) groups is 1. The van der Waals surface area contributed by atoms with Crippen molar-refractivity contribution in [3.8, 4) is 0 Å². The molecule has 1 fully saturated rings. The lowest BCUT2D eigenvalue weighted by atomic mass is 10.0. The van der Waals surface area contributed by atoms with Gasteiger partial charge in [-0.1, -0.05) is 5.21 Å². The number of ether oxygens (including phenoxy) is 1. The van der Waals surface area contributed by atoms with E-state index in [1.807, 2.05) is 13.0 Å². The second kappa shape index (κ2) is 5.42. The molecule has 1 aromatic carbocycles. The minimum atomic E-state index is -0.953. The zero-order valence-corrected chi connectivity index (χ0v) is 11.9. The first kappa shape index (κ1) is 14.0. The average molecular weight is 290 g/mol. The molecule has 7 heteroatoms. The van der Waals surface area contributed by atoms with Crippen LogP contribution in [0.1, 0.15) is 23.7 Å². The molecule has 3 rings (SSSR count). The number of carbonyl (C=O) groups excluding carboxylic acids is 1. The first-order valence-corrected chi connectivity index (χ1v) is 7.03. The molecule has 2 N–H and O–H groups in total. The van der Waals surface area contributed by atoms with Crippen LogP contribution in [0.2, 0.25) is 0 Å². The number of fused-ring (bicyclic) bond motifs is 1. The van der Waals surface area contributed by atoms with Crippen LogP contribution in [0.15, 0.2) is 18.2 Å². The number of hydrogen-bond acceptors (Lipinski definition) is 5. The molecule has 2 heterocycles. The highest BCUT2D eigenvalue weighted by molar-refractivity contribution is 5.97. The Morgan fingerprint density at radius 2 is 2.43 bits per heavy atom. The monoisotopic (exact) mass is 290 g/mol. The maximum atomic E-state index is 12.1. The van der Waals surface area contributed by atoms with Crippen LogP contribution >= 0.6 is 0 Å². The predicted molar refractivity (Wildman–Crippen MR) is 75.9 cm³/mol. The van der Waals surface area contributed by atoms with E-state index in [0.29, 0.717) is 24.1 Å². The molecule has 0 saturated carbocycles. The normalized spacial score (nSPS) is 21.8. The summed E-state index contributed by atoms with van der Waals surface area (Å²) in [6.07, 6.45) is 0.539. The van der Waals surface area contributed by atoms with Crippen LogP contribution in [-0.4, -0.2) is 51.4 Å². The summed E-state index contributed by atoms with van der Waals surface area (Å²) in [5, 5.41) is 20.9. The largest absolute Gasteiger partial charge is 0.386 e. The van der Waals surface area contributed by atoms with Crippen LogP contribution in [-0.2, 0) is 11.3 Å². The number of nitrogens with one attached hydrogen (secondary N) is 1. The maximum Gasteiger partial charge on any atom is 0.251 e. The molecule has 1 saturated heterocycles. The van der Waals surface area contributed by atoms with E-state index in [2.05, 4.69) is 15.6 Å². The van der Waals surface area contributed by atoms with Crippen LogP contribution < -0.4 is 5.32 Å². The molecule has 0 spiro atoms. The molecule has 1 atom stereocenters. The van der Waals surface area contributed by atoms with Crippen molar-refractivity contribution in [3.63, 3.8) is 0 Å². The molecule has 21 heavy (non-hydrogen) atoms. The molecule has 2 aromatic rings. The second-order valence-electron chi connectivity index (χ2n) is 5.32. The number of benzene rings is 1. The Morgan fingerprint density at radius 1 is 1.57 bits per heavy atom. The van der Waals surface area contributed by atoms with Gasteiger partial charge in [-0.15, -0.1) is 5.10 Å². The third-order valence-electron chi connectivity index (χ3n) is 3.74. The highest BCUT2D eigenvalue weighted by atomic mass is 16.5. The van der Waals surface area contributed by atoms with Crippen molar-refractivity contribution in [1.29, 1.82) is 0 Å². The second-order valence-corrected chi connectivity index (χ2v) is 5.32. The summed E-state index contributed by atoms with van der Waals surface area (Å²) in [6, 6.07) is 5.28. The molecular weight excluding hydrogens is 272 g/mol. The van der Waals surface area contributed by atoms with Crippen molar-refractivity contribution >= 4 is 16.9 Å². The van der Waals surface area contributed by atoms with Gasteiger partial charge in [-0.05, 0) is 25.1 Å². The Kier molecular flexibility index (Phi) is 3.60. The van der Waals surface area contributed by atoms with Crippen LogP contribution in [0, 0.1) is 0 Å². The van der Waals surface area contributed by atoms with Gasteiger partial charge < -0.3 is 15.2 Å². The van der Waals surface area contributed by atoms with Crippen molar-refractivity contribution in [2.24, 2.45) is 0 Å². The molecule has 1 aromatic heterocycles. The molecular formula is C14H18N4O3. The Labute approximate surface area is 121 Å². The summed E-state index contributed by atoms with van der Waals surface area (Å²) in [4.78, 5) is 12.1. The molecule has 1 amide bonds. The fraction of sp³-hybridized carbons (Fsp3) is 0.500. The Balaban J connectivity index is 1.72. The maximum absolute atomic E-state index is 12.1. The molecule has 1 unspecified atom stereocenters. The van der Waals surface area contributed by atoms with Gasteiger partial charge >= 0.3 is 0 Å². The SMILES string of the molecule is CCn1nnc2cc(C(=O)NCC3(O)CCOC3)ccc21. The molecule has 0 radical (unpaired) electrons. The van der Waals surface area contributed by atoms with Gasteiger partial charge in [0, 0.05) is 31.7 Å². The molecule has 7 nitrogen and oxygen atoms in total. The number of nitrogens with zero attached hydrogens (tertiary/aromatic N) is 3. The van der Waals surface area contributed by atoms with Gasteiger partial charge in [0.2, 0.25) is 0 Å². The lowest BCUT2D eigenvalue weighted by molar-refractivity contribution is 0.0264. The molecule has 0 aliphatic carbocycles. The van der Waals surface area contributed by atoms with Crippen molar-refractivity contribution in [2.45, 2.75) is 25.5 Å². The fourth-order valence-corrected chi connectivity index (χ4v) is 2.43. The van der Waals surface area contributed by atoms with Crippen molar-refractivity contribution in [1.82, 2.24) is 20.3 Å². The van der Waals surface area contributed by atoms with Gasteiger partial charge in [0.25, 0.3) is 5.91 Å². The average Bonchev–Trinajstić information content (AvgIpc) is 3.10. The van der Waals surface area contributed by atoms with Gasteiger partial charge in [-0.3, -0.25) is 4.79 Å². The zero-order chi connectivity index (χ0) is 14.9. The summed E-state index contributed by atoms with van der Waals surface area (Å²) >= 11 is 0. The summed E-state index contributed by atoms with van der Waals surface area (Å²) in [5.41, 5.74) is 1.14. The lowest BCUT2D eigenvalue weighted by Gasteiger charge is -2.20. The van der Waals surface area contributed by atoms with Crippen molar-refractivity contribution in [3.05, 3.63) is 23.8 Å². The van der Waals surface area contributed by atoms with Crippen molar-refractivity contribution < 1.29 is 14.6 Å². The van der Waals surface area contributed by atoms with E-state index in [0.717, 1.165) is 12.1 Å². The van der Waals surface area contributed by atoms with E-state index >= 15 is 0 Å². The van der Waals surface area contributed by atoms with E-state index in [1.54, 1.807) is 16.8 Å². The minimum absolute atomic E-state index is 0.186. The number of aliphatic hydroxyl groups is 1. The summed E-state index contributed by atoms with van der Waals surface area (Å²) in [6.45, 7) is 3.69. The van der Waals surface area contributed by atoms with Gasteiger partial charge in [0.1, 0.15) is 11.1 Å². The van der Waals surface area contributed by atoms with Gasteiger partial charge in [-0.2, -0.15) is 0 Å². The van der Waals surface area contributed by atoms with E-state index in [4.69, 9.17) is 4.74 Å². The van der Waals surface area contributed by atoms with Crippen LogP contribution in [0.4, 0.5) is 0 Å². The van der Waals surface area contributed by atoms with E-state index in [9.17, 15) is 9.90 Å². The fourth-order valence-electron chi connectivity index (χ4n) is 2.43. The van der Waals surface area contributed by atoms with Gasteiger partial charge in [0.15, 0.2) is 0 Å². The first-order valence-electron chi connectivity index (χ1n) is 7.03. The molecule has 112 valence electrons. The third-order valence-corrected chi connectivity index (χ3v) is 3.74. The number of aryl methyl sites for hydroxylation is 1. The topological polar surface area (TPSA) is 89.3 Å². The number of amides is 1. The highest BCUT2D eigenvalue weighted by Gasteiger charge is 2.32. The Bertz CT molecular complexity index is 661. The number of aromatic nitrogens is 3. The summed E-state index contributed by atoms with van der Waals surface area (Å²) < 4.78 is 6.92. The quantitative estimate of drug-likeness (QED) is 0.847. The van der Waals surface area contributed by atoms with Crippen LogP contribution in [0.3, 0.4) is 0 Å². The Morgan fingerprint density at radius 3 is 3.14 bits per heavy atom. The lowest BCUT2D eigenvalue weighted by Crippen LogP contribution is -2.43.